The van der Waals surface area contributed by atoms with Crippen molar-refractivity contribution in [1.29, 1.82) is 0 Å². The summed E-state index contributed by atoms with van der Waals surface area (Å²) in [7, 11) is 1.62. The molecule has 88 valence electrons. The van der Waals surface area contributed by atoms with Crippen molar-refractivity contribution in [1.82, 2.24) is 0 Å². The van der Waals surface area contributed by atoms with Gasteiger partial charge in [0, 0.05) is 18.7 Å². The zero-order valence-electron chi connectivity index (χ0n) is 9.29. The van der Waals surface area contributed by atoms with E-state index in [0.717, 1.165) is 0 Å². The SMILES string of the molecule is COCC(C)Nc1cc(C(N)=O)ccc1Cl. The van der Waals surface area contributed by atoms with Gasteiger partial charge < -0.3 is 15.8 Å². The van der Waals surface area contributed by atoms with Crippen molar-refractivity contribution in [2.75, 3.05) is 19.0 Å². The van der Waals surface area contributed by atoms with Gasteiger partial charge in [-0.1, -0.05) is 11.6 Å². The second kappa shape index (κ2) is 5.72. The maximum Gasteiger partial charge on any atom is 0.248 e. The van der Waals surface area contributed by atoms with Crippen molar-refractivity contribution >= 4 is 23.2 Å². The number of halogens is 1. The summed E-state index contributed by atoms with van der Waals surface area (Å²) in [5, 5.41) is 3.69. The van der Waals surface area contributed by atoms with Gasteiger partial charge in [0.15, 0.2) is 0 Å². The van der Waals surface area contributed by atoms with Crippen LogP contribution in [0.3, 0.4) is 0 Å². The highest BCUT2D eigenvalue weighted by atomic mass is 35.5. The molecule has 0 aliphatic rings. The lowest BCUT2D eigenvalue weighted by molar-refractivity contribution is 0.100. The third-order valence-electron chi connectivity index (χ3n) is 2.07. The predicted molar refractivity (Wildman–Crippen MR) is 64.9 cm³/mol. The molecule has 0 saturated carbocycles. The lowest BCUT2D eigenvalue weighted by Gasteiger charge is -2.15. The van der Waals surface area contributed by atoms with Gasteiger partial charge >= 0.3 is 0 Å². The number of hydrogen-bond acceptors (Lipinski definition) is 3. The monoisotopic (exact) mass is 242 g/mol. The molecule has 1 atom stereocenters. The van der Waals surface area contributed by atoms with Gasteiger partial charge in [0.1, 0.15) is 0 Å². The molecule has 0 aliphatic heterocycles. The summed E-state index contributed by atoms with van der Waals surface area (Å²) in [4.78, 5) is 11.0. The molecule has 3 N–H and O–H groups in total. The number of nitrogens with two attached hydrogens (primary N) is 1. The first-order valence-corrected chi connectivity index (χ1v) is 5.27. The van der Waals surface area contributed by atoms with Crippen molar-refractivity contribution in [3.05, 3.63) is 28.8 Å². The number of hydrogen-bond donors (Lipinski definition) is 2. The molecule has 0 aromatic heterocycles. The van der Waals surface area contributed by atoms with E-state index in [4.69, 9.17) is 22.1 Å². The lowest BCUT2D eigenvalue weighted by Crippen LogP contribution is -2.21. The molecule has 0 spiro atoms. The largest absolute Gasteiger partial charge is 0.383 e. The topological polar surface area (TPSA) is 64.3 Å². The minimum absolute atomic E-state index is 0.102. The molecule has 0 bridgehead atoms. The molecule has 0 fully saturated rings. The Morgan fingerprint density at radius 2 is 2.31 bits per heavy atom. The Hall–Kier alpha value is -1.26. The molecule has 1 aromatic rings. The van der Waals surface area contributed by atoms with E-state index in [2.05, 4.69) is 5.32 Å². The van der Waals surface area contributed by atoms with Crippen LogP contribution < -0.4 is 11.1 Å². The zero-order chi connectivity index (χ0) is 12.1. The molecular formula is C11H15ClN2O2. The van der Waals surface area contributed by atoms with Gasteiger partial charge in [-0.05, 0) is 25.1 Å². The summed E-state index contributed by atoms with van der Waals surface area (Å²) < 4.78 is 5.00. The summed E-state index contributed by atoms with van der Waals surface area (Å²) in [5.41, 5.74) is 6.30. The van der Waals surface area contributed by atoms with E-state index in [1.807, 2.05) is 6.92 Å². The number of benzene rings is 1. The molecule has 1 rings (SSSR count). The quantitative estimate of drug-likeness (QED) is 0.829. The Morgan fingerprint density at radius 3 is 2.88 bits per heavy atom. The molecule has 5 heteroatoms. The van der Waals surface area contributed by atoms with Crippen molar-refractivity contribution in [3.8, 4) is 0 Å². The number of amides is 1. The smallest absolute Gasteiger partial charge is 0.248 e. The van der Waals surface area contributed by atoms with Crippen molar-refractivity contribution < 1.29 is 9.53 Å². The van der Waals surface area contributed by atoms with E-state index in [1.165, 1.54) is 0 Å². The predicted octanol–water partition coefficient (Wildman–Crippen LogP) is 1.89. The molecule has 1 aromatic carbocycles. The Morgan fingerprint density at radius 1 is 1.62 bits per heavy atom. The molecule has 1 unspecified atom stereocenters. The summed E-state index contributed by atoms with van der Waals surface area (Å²) in [6.45, 7) is 2.51. The molecular weight excluding hydrogens is 228 g/mol. The zero-order valence-corrected chi connectivity index (χ0v) is 10.0. The fraction of sp³-hybridized carbons (Fsp3) is 0.364. The fourth-order valence-electron chi connectivity index (χ4n) is 1.35. The lowest BCUT2D eigenvalue weighted by atomic mass is 10.2. The molecule has 0 heterocycles. The summed E-state index contributed by atoms with van der Waals surface area (Å²) in [5.74, 6) is -0.473. The maximum atomic E-state index is 11.0. The van der Waals surface area contributed by atoms with Crippen molar-refractivity contribution in [2.45, 2.75) is 13.0 Å². The van der Waals surface area contributed by atoms with Crippen LogP contribution >= 0.6 is 11.6 Å². The van der Waals surface area contributed by atoms with Crippen LogP contribution in [-0.4, -0.2) is 25.7 Å². The minimum atomic E-state index is -0.473. The molecule has 0 radical (unpaired) electrons. The standard InChI is InChI=1S/C11H15ClN2O2/c1-7(6-16-2)14-10-5-8(11(13)15)3-4-9(10)12/h3-5,7,14H,6H2,1-2H3,(H2,13,15). The highest BCUT2D eigenvalue weighted by molar-refractivity contribution is 6.33. The van der Waals surface area contributed by atoms with Gasteiger partial charge in [-0.2, -0.15) is 0 Å². The minimum Gasteiger partial charge on any atom is -0.383 e. The molecule has 16 heavy (non-hydrogen) atoms. The summed E-state index contributed by atoms with van der Waals surface area (Å²) in [6.07, 6.45) is 0. The van der Waals surface area contributed by atoms with E-state index < -0.39 is 5.91 Å². The normalized spacial score (nSPS) is 12.2. The number of carbonyl (C=O) groups is 1. The van der Waals surface area contributed by atoms with Crippen LogP contribution in [0.2, 0.25) is 5.02 Å². The van der Waals surface area contributed by atoms with E-state index in [0.29, 0.717) is 22.9 Å². The molecule has 0 aliphatic carbocycles. The van der Waals surface area contributed by atoms with E-state index in [9.17, 15) is 4.79 Å². The van der Waals surface area contributed by atoms with Gasteiger partial charge in [-0.15, -0.1) is 0 Å². The second-order valence-electron chi connectivity index (χ2n) is 3.56. The van der Waals surface area contributed by atoms with Gasteiger partial charge in [0.2, 0.25) is 5.91 Å². The third kappa shape index (κ3) is 3.40. The van der Waals surface area contributed by atoms with Gasteiger partial charge in [0.25, 0.3) is 0 Å². The average molecular weight is 243 g/mol. The summed E-state index contributed by atoms with van der Waals surface area (Å²) >= 11 is 5.99. The Kier molecular flexibility index (Phi) is 4.58. The number of nitrogens with one attached hydrogen (secondary N) is 1. The first kappa shape index (κ1) is 12.8. The number of carbonyl (C=O) groups excluding carboxylic acids is 1. The van der Waals surface area contributed by atoms with Crippen LogP contribution in [0.5, 0.6) is 0 Å². The van der Waals surface area contributed by atoms with Crippen LogP contribution in [0.1, 0.15) is 17.3 Å². The van der Waals surface area contributed by atoms with E-state index >= 15 is 0 Å². The number of anilines is 1. The number of primary amides is 1. The Labute approximate surface area is 99.7 Å². The molecule has 4 nitrogen and oxygen atoms in total. The van der Waals surface area contributed by atoms with Gasteiger partial charge in [0.05, 0.1) is 17.3 Å². The number of rotatable bonds is 5. The van der Waals surface area contributed by atoms with Crippen LogP contribution in [0.4, 0.5) is 5.69 Å². The highest BCUT2D eigenvalue weighted by Crippen LogP contribution is 2.23. The average Bonchev–Trinajstić information content (AvgIpc) is 2.21. The van der Waals surface area contributed by atoms with Crippen LogP contribution in [0.25, 0.3) is 0 Å². The number of methoxy groups -OCH3 is 1. The van der Waals surface area contributed by atoms with E-state index in [1.54, 1.807) is 25.3 Å². The van der Waals surface area contributed by atoms with Crippen LogP contribution in [-0.2, 0) is 4.74 Å². The van der Waals surface area contributed by atoms with Crippen LogP contribution in [0, 0.1) is 0 Å². The maximum absolute atomic E-state index is 11.0. The first-order chi connectivity index (χ1) is 7.54. The second-order valence-corrected chi connectivity index (χ2v) is 3.97. The van der Waals surface area contributed by atoms with Gasteiger partial charge in [-0.3, -0.25) is 4.79 Å². The van der Waals surface area contributed by atoms with Gasteiger partial charge in [-0.25, -0.2) is 0 Å². The molecule has 0 saturated heterocycles. The fourth-order valence-corrected chi connectivity index (χ4v) is 1.52. The summed E-state index contributed by atoms with van der Waals surface area (Å²) in [6, 6.07) is 4.97. The third-order valence-corrected chi connectivity index (χ3v) is 2.40. The molecule has 1 amide bonds. The number of ether oxygens (including phenoxy) is 1. The van der Waals surface area contributed by atoms with Crippen molar-refractivity contribution in [3.63, 3.8) is 0 Å². The first-order valence-electron chi connectivity index (χ1n) is 4.89. The van der Waals surface area contributed by atoms with E-state index in [-0.39, 0.29) is 6.04 Å². The highest BCUT2D eigenvalue weighted by Gasteiger charge is 2.08. The van der Waals surface area contributed by atoms with Crippen LogP contribution in [0.15, 0.2) is 18.2 Å². The Balaban J connectivity index is 2.85. The Bertz CT molecular complexity index is 382. The van der Waals surface area contributed by atoms with Crippen molar-refractivity contribution in [2.24, 2.45) is 5.73 Å².